The van der Waals surface area contributed by atoms with E-state index < -0.39 is 0 Å². The Morgan fingerprint density at radius 3 is 3.00 bits per heavy atom. The van der Waals surface area contributed by atoms with Gasteiger partial charge in [0, 0.05) is 37.7 Å². The molecule has 1 aromatic heterocycles. The van der Waals surface area contributed by atoms with Crippen molar-refractivity contribution in [2.75, 3.05) is 48.7 Å². The third-order valence-corrected chi connectivity index (χ3v) is 5.13. The number of nitrogens with two attached hydrogens (primary N) is 1. The molecule has 3 N–H and O–H groups in total. The van der Waals surface area contributed by atoms with E-state index in [0.717, 1.165) is 34.7 Å². The Morgan fingerprint density at radius 2 is 2.16 bits per heavy atom. The molecule has 1 aromatic carbocycles. The minimum absolute atomic E-state index is 0.771. The van der Waals surface area contributed by atoms with Crippen LogP contribution in [0.5, 0.6) is 0 Å². The molecule has 0 aliphatic carbocycles. The molecule has 2 heterocycles. The molecule has 1 aliphatic heterocycles. The van der Waals surface area contributed by atoms with Gasteiger partial charge in [0.25, 0.3) is 0 Å². The van der Waals surface area contributed by atoms with E-state index in [-0.39, 0.29) is 0 Å². The standard InChI is InChI=1S/C13H18N4S2/c14-12-10(1-2-11-13(12)16-9-19-11)15-3-4-17-5-7-18-8-6-17/h1-2,9,15H,3-8,14H2. The highest BCUT2D eigenvalue weighted by atomic mass is 32.2. The van der Waals surface area contributed by atoms with Crippen LogP contribution < -0.4 is 11.1 Å². The molecule has 0 spiro atoms. The summed E-state index contributed by atoms with van der Waals surface area (Å²) in [6.45, 7) is 4.42. The number of thiazole rings is 1. The summed E-state index contributed by atoms with van der Waals surface area (Å²) in [5, 5.41) is 3.43. The Hall–Kier alpha value is -0.980. The normalized spacial score (nSPS) is 16.8. The minimum atomic E-state index is 0.771. The molecule has 3 rings (SSSR count). The molecule has 0 saturated carbocycles. The Kier molecular flexibility index (Phi) is 4.10. The van der Waals surface area contributed by atoms with Crippen LogP contribution in [0.2, 0.25) is 0 Å². The van der Waals surface area contributed by atoms with Crippen molar-refractivity contribution in [1.82, 2.24) is 9.88 Å². The molecule has 0 unspecified atom stereocenters. The van der Waals surface area contributed by atoms with Crippen molar-refractivity contribution in [3.8, 4) is 0 Å². The average molecular weight is 294 g/mol. The van der Waals surface area contributed by atoms with Crippen LogP contribution in [0.3, 0.4) is 0 Å². The van der Waals surface area contributed by atoms with Crippen molar-refractivity contribution in [3.05, 3.63) is 17.6 Å². The first-order valence-electron chi connectivity index (χ1n) is 6.50. The van der Waals surface area contributed by atoms with Crippen LogP contribution in [-0.4, -0.2) is 47.6 Å². The second kappa shape index (κ2) is 5.98. The van der Waals surface area contributed by atoms with Gasteiger partial charge in [-0.2, -0.15) is 11.8 Å². The maximum Gasteiger partial charge on any atom is 0.106 e. The molecule has 4 nitrogen and oxygen atoms in total. The number of nitrogen functional groups attached to an aromatic ring is 1. The van der Waals surface area contributed by atoms with Crippen molar-refractivity contribution in [1.29, 1.82) is 0 Å². The van der Waals surface area contributed by atoms with Crippen LogP contribution in [-0.2, 0) is 0 Å². The first-order chi connectivity index (χ1) is 9.34. The summed E-state index contributed by atoms with van der Waals surface area (Å²) in [5.74, 6) is 2.51. The van der Waals surface area contributed by atoms with Gasteiger partial charge in [-0.3, -0.25) is 4.90 Å². The fourth-order valence-electron chi connectivity index (χ4n) is 2.28. The van der Waals surface area contributed by atoms with Gasteiger partial charge in [-0.1, -0.05) is 0 Å². The van der Waals surface area contributed by atoms with Gasteiger partial charge in [0.2, 0.25) is 0 Å². The summed E-state index contributed by atoms with van der Waals surface area (Å²) in [5.41, 5.74) is 10.7. The van der Waals surface area contributed by atoms with Crippen LogP contribution in [0.4, 0.5) is 11.4 Å². The van der Waals surface area contributed by atoms with E-state index in [4.69, 9.17) is 5.73 Å². The molecule has 19 heavy (non-hydrogen) atoms. The Morgan fingerprint density at radius 1 is 1.32 bits per heavy atom. The van der Waals surface area contributed by atoms with E-state index in [1.807, 2.05) is 17.3 Å². The molecule has 6 heteroatoms. The molecule has 1 aliphatic rings. The third-order valence-electron chi connectivity index (χ3n) is 3.39. The molecule has 102 valence electrons. The van der Waals surface area contributed by atoms with E-state index in [2.05, 4.69) is 27.3 Å². The first-order valence-corrected chi connectivity index (χ1v) is 8.53. The van der Waals surface area contributed by atoms with Gasteiger partial charge in [0.05, 0.1) is 21.6 Å². The molecular formula is C13H18N4S2. The monoisotopic (exact) mass is 294 g/mol. The second-order valence-electron chi connectivity index (χ2n) is 4.61. The number of benzene rings is 1. The van der Waals surface area contributed by atoms with Crippen molar-refractivity contribution >= 4 is 44.7 Å². The van der Waals surface area contributed by atoms with Crippen LogP contribution in [0, 0.1) is 0 Å². The lowest BCUT2D eigenvalue weighted by molar-refractivity contribution is 0.314. The van der Waals surface area contributed by atoms with Gasteiger partial charge >= 0.3 is 0 Å². The zero-order valence-electron chi connectivity index (χ0n) is 10.8. The second-order valence-corrected chi connectivity index (χ2v) is 6.72. The predicted molar refractivity (Wildman–Crippen MR) is 86.3 cm³/mol. The topological polar surface area (TPSA) is 54.2 Å². The zero-order valence-corrected chi connectivity index (χ0v) is 12.4. The van der Waals surface area contributed by atoms with Crippen molar-refractivity contribution in [2.24, 2.45) is 0 Å². The number of nitrogens with one attached hydrogen (secondary N) is 1. The summed E-state index contributed by atoms with van der Waals surface area (Å²) in [7, 11) is 0. The highest BCUT2D eigenvalue weighted by molar-refractivity contribution is 7.99. The maximum absolute atomic E-state index is 6.15. The summed E-state index contributed by atoms with van der Waals surface area (Å²) in [4.78, 5) is 6.82. The lowest BCUT2D eigenvalue weighted by Crippen LogP contribution is -2.36. The number of hydrogen-bond donors (Lipinski definition) is 2. The highest BCUT2D eigenvalue weighted by Crippen LogP contribution is 2.29. The largest absolute Gasteiger partial charge is 0.395 e. The summed E-state index contributed by atoms with van der Waals surface area (Å²) in [6, 6.07) is 4.14. The Labute approximate surface area is 121 Å². The summed E-state index contributed by atoms with van der Waals surface area (Å²) < 4.78 is 1.15. The molecule has 0 radical (unpaired) electrons. The fraction of sp³-hybridized carbons (Fsp3) is 0.462. The smallest absolute Gasteiger partial charge is 0.106 e. The van der Waals surface area contributed by atoms with Gasteiger partial charge in [-0.05, 0) is 12.1 Å². The van der Waals surface area contributed by atoms with E-state index in [1.54, 1.807) is 11.3 Å². The quantitative estimate of drug-likeness (QED) is 0.848. The van der Waals surface area contributed by atoms with Gasteiger partial charge in [-0.15, -0.1) is 11.3 Å². The lowest BCUT2D eigenvalue weighted by Gasteiger charge is -2.26. The van der Waals surface area contributed by atoms with Gasteiger partial charge in [0.15, 0.2) is 0 Å². The van der Waals surface area contributed by atoms with Crippen LogP contribution in [0.25, 0.3) is 10.2 Å². The third kappa shape index (κ3) is 2.96. The number of anilines is 2. The van der Waals surface area contributed by atoms with E-state index in [1.165, 1.54) is 24.6 Å². The number of aromatic nitrogens is 1. The Bertz CT molecular complexity index is 549. The highest BCUT2D eigenvalue weighted by Gasteiger charge is 2.10. The minimum Gasteiger partial charge on any atom is -0.395 e. The lowest BCUT2D eigenvalue weighted by atomic mass is 10.2. The molecular weight excluding hydrogens is 276 g/mol. The number of thioether (sulfide) groups is 1. The fourth-order valence-corrected chi connectivity index (χ4v) is 3.95. The number of nitrogens with zero attached hydrogens (tertiary/aromatic N) is 2. The van der Waals surface area contributed by atoms with E-state index in [0.29, 0.717) is 0 Å². The number of rotatable bonds is 4. The number of fused-ring (bicyclic) bond motifs is 1. The van der Waals surface area contributed by atoms with E-state index >= 15 is 0 Å². The van der Waals surface area contributed by atoms with Gasteiger partial charge in [-0.25, -0.2) is 4.98 Å². The van der Waals surface area contributed by atoms with E-state index in [9.17, 15) is 0 Å². The summed E-state index contributed by atoms with van der Waals surface area (Å²) >= 11 is 3.67. The molecule has 0 bridgehead atoms. The van der Waals surface area contributed by atoms with Crippen LogP contribution in [0.15, 0.2) is 17.6 Å². The molecule has 1 fully saturated rings. The average Bonchev–Trinajstić information content (AvgIpc) is 2.92. The van der Waals surface area contributed by atoms with Crippen molar-refractivity contribution in [3.63, 3.8) is 0 Å². The zero-order chi connectivity index (χ0) is 13.1. The SMILES string of the molecule is Nc1c(NCCN2CCSCC2)ccc2scnc12. The Balaban J connectivity index is 1.60. The number of hydrogen-bond acceptors (Lipinski definition) is 6. The summed E-state index contributed by atoms with van der Waals surface area (Å²) in [6.07, 6.45) is 0. The molecule has 1 saturated heterocycles. The van der Waals surface area contributed by atoms with Crippen molar-refractivity contribution < 1.29 is 0 Å². The van der Waals surface area contributed by atoms with Crippen LogP contribution in [0.1, 0.15) is 0 Å². The van der Waals surface area contributed by atoms with Crippen LogP contribution >= 0.6 is 23.1 Å². The predicted octanol–water partition coefficient (Wildman–Crippen LogP) is 2.34. The van der Waals surface area contributed by atoms with Gasteiger partial charge < -0.3 is 11.1 Å². The molecule has 0 atom stereocenters. The first kappa shape index (κ1) is 13.0. The maximum atomic E-state index is 6.15. The molecule has 0 amide bonds. The molecule has 2 aromatic rings. The van der Waals surface area contributed by atoms with Gasteiger partial charge in [0.1, 0.15) is 5.52 Å². The van der Waals surface area contributed by atoms with Crippen molar-refractivity contribution in [2.45, 2.75) is 0 Å².